The van der Waals surface area contributed by atoms with Crippen LogP contribution in [0.25, 0.3) is 16.7 Å². The van der Waals surface area contributed by atoms with Crippen LogP contribution >= 0.6 is 11.6 Å². The van der Waals surface area contributed by atoms with Gasteiger partial charge in [-0.2, -0.15) is 15.1 Å². The highest BCUT2D eigenvalue weighted by Crippen LogP contribution is 2.24. The van der Waals surface area contributed by atoms with Crippen LogP contribution in [0.2, 0.25) is 5.28 Å². The molecule has 3 aromatic rings. The van der Waals surface area contributed by atoms with E-state index < -0.39 is 0 Å². The molecule has 6 heteroatoms. The molecule has 0 saturated heterocycles. The predicted molar refractivity (Wildman–Crippen MR) is 80.6 cm³/mol. The van der Waals surface area contributed by atoms with Crippen LogP contribution in [-0.2, 0) is 0 Å². The lowest BCUT2D eigenvalue weighted by Gasteiger charge is -2.06. The fourth-order valence-electron chi connectivity index (χ4n) is 2.06. The van der Waals surface area contributed by atoms with Crippen molar-refractivity contribution in [2.75, 3.05) is 11.9 Å². The molecular weight excluding hydrogens is 274 g/mol. The average molecular weight is 288 g/mol. The molecule has 0 atom stereocenters. The lowest BCUT2D eigenvalue weighted by atomic mass is 10.2. The molecule has 0 fully saturated rings. The van der Waals surface area contributed by atoms with Crippen LogP contribution in [-0.4, -0.2) is 26.3 Å². The minimum Gasteiger partial charge on any atom is -0.370 e. The number of aryl methyl sites for hydroxylation is 1. The Kier molecular flexibility index (Phi) is 3.28. The van der Waals surface area contributed by atoms with Crippen molar-refractivity contribution < 1.29 is 0 Å². The zero-order valence-corrected chi connectivity index (χ0v) is 12.0. The van der Waals surface area contributed by atoms with Gasteiger partial charge < -0.3 is 5.32 Å². The zero-order valence-electron chi connectivity index (χ0n) is 11.3. The van der Waals surface area contributed by atoms with Gasteiger partial charge in [-0.15, -0.1) is 0 Å². The van der Waals surface area contributed by atoms with E-state index >= 15 is 0 Å². The first-order valence-corrected chi connectivity index (χ1v) is 6.79. The Balaban J connectivity index is 2.20. The van der Waals surface area contributed by atoms with E-state index in [2.05, 4.69) is 20.4 Å². The van der Waals surface area contributed by atoms with E-state index in [1.807, 2.05) is 38.1 Å². The van der Waals surface area contributed by atoms with Gasteiger partial charge in [-0.1, -0.05) is 17.7 Å². The van der Waals surface area contributed by atoms with E-state index in [0.717, 1.165) is 17.6 Å². The van der Waals surface area contributed by atoms with E-state index in [-0.39, 0.29) is 5.28 Å². The standard InChI is InChI=1S/C14H14ClN5/c1-3-16-12-11-8-17-20(13(11)19-14(15)18-12)10-6-4-9(2)5-7-10/h4-8H,3H2,1-2H3,(H,16,18,19). The molecular formula is C14H14ClN5. The Labute approximate surface area is 121 Å². The van der Waals surface area contributed by atoms with Crippen molar-refractivity contribution in [3.8, 4) is 5.69 Å². The van der Waals surface area contributed by atoms with Crippen LogP contribution < -0.4 is 5.32 Å². The van der Waals surface area contributed by atoms with E-state index in [0.29, 0.717) is 11.5 Å². The Bertz CT molecular complexity index is 748. The molecule has 0 unspecified atom stereocenters. The monoisotopic (exact) mass is 287 g/mol. The van der Waals surface area contributed by atoms with Gasteiger partial charge in [0.15, 0.2) is 5.65 Å². The minimum atomic E-state index is 0.210. The normalized spacial score (nSPS) is 10.9. The van der Waals surface area contributed by atoms with Crippen LogP contribution in [0.5, 0.6) is 0 Å². The fraction of sp³-hybridized carbons (Fsp3) is 0.214. The van der Waals surface area contributed by atoms with E-state index in [4.69, 9.17) is 11.6 Å². The molecule has 1 N–H and O–H groups in total. The summed E-state index contributed by atoms with van der Waals surface area (Å²) >= 11 is 6.00. The van der Waals surface area contributed by atoms with Gasteiger partial charge in [0.25, 0.3) is 0 Å². The highest BCUT2D eigenvalue weighted by atomic mass is 35.5. The maximum Gasteiger partial charge on any atom is 0.226 e. The minimum absolute atomic E-state index is 0.210. The summed E-state index contributed by atoms with van der Waals surface area (Å²) in [6.45, 7) is 4.82. The van der Waals surface area contributed by atoms with Gasteiger partial charge in [0, 0.05) is 6.54 Å². The van der Waals surface area contributed by atoms with Crippen LogP contribution in [0, 0.1) is 6.92 Å². The SMILES string of the molecule is CCNc1nc(Cl)nc2c1cnn2-c1ccc(C)cc1. The average Bonchev–Trinajstić information content (AvgIpc) is 2.84. The van der Waals surface area contributed by atoms with E-state index in [1.165, 1.54) is 5.56 Å². The van der Waals surface area contributed by atoms with Crippen molar-refractivity contribution in [3.63, 3.8) is 0 Å². The van der Waals surface area contributed by atoms with Gasteiger partial charge in [-0.25, -0.2) is 4.68 Å². The Morgan fingerprint density at radius 2 is 1.95 bits per heavy atom. The number of rotatable bonds is 3. The first-order valence-electron chi connectivity index (χ1n) is 6.41. The van der Waals surface area contributed by atoms with Crippen LogP contribution in [0.4, 0.5) is 5.82 Å². The van der Waals surface area contributed by atoms with Crippen molar-refractivity contribution in [1.29, 1.82) is 0 Å². The van der Waals surface area contributed by atoms with E-state index in [9.17, 15) is 0 Å². The highest BCUT2D eigenvalue weighted by molar-refractivity contribution is 6.28. The third kappa shape index (κ3) is 2.20. The Hall–Kier alpha value is -2.14. The van der Waals surface area contributed by atoms with Crippen LogP contribution in [0.3, 0.4) is 0 Å². The highest BCUT2D eigenvalue weighted by Gasteiger charge is 2.12. The molecule has 5 nitrogen and oxygen atoms in total. The molecule has 2 heterocycles. The number of nitrogens with zero attached hydrogens (tertiary/aromatic N) is 4. The van der Waals surface area contributed by atoms with Crippen LogP contribution in [0.15, 0.2) is 30.5 Å². The molecule has 0 bridgehead atoms. The summed E-state index contributed by atoms with van der Waals surface area (Å²) < 4.78 is 1.77. The van der Waals surface area contributed by atoms with Gasteiger partial charge in [0.05, 0.1) is 17.3 Å². The molecule has 1 aromatic carbocycles. The second-order valence-corrected chi connectivity index (χ2v) is 4.84. The summed E-state index contributed by atoms with van der Waals surface area (Å²) in [5, 5.41) is 8.64. The topological polar surface area (TPSA) is 55.6 Å². The maximum atomic E-state index is 6.00. The molecule has 0 aliphatic rings. The lowest BCUT2D eigenvalue weighted by Crippen LogP contribution is -2.03. The molecule has 20 heavy (non-hydrogen) atoms. The Morgan fingerprint density at radius 1 is 1.20 bits per heavy atom. The molecule has 0 saturated carbocycles. The van der Waals surface area contributed by atoms with Gasteiger partial charge in [-0.3, -0.25) is 0 Å². The fourth-order valence-corrected chi connectivity index (χ4v) is 2.22. The summed E-state index contributed by atoms with van der Waals surface area (Å²) in [5.41, 5.74) is 2.85. The molecule has 2 aromatic heterocycles. The van der Waals surface area contributed by atoms with Gasteiger partial charge in [-0.05, 0) is 37.6 Å². The van der Waals surface area contributed by atoms with Crippen molar-refractivity contribution in [1.82, 2.24) is 19.7 Å². The molecule has 102 valence electrons. The number of benzene rings is 1. The second-order valence-electron chi connectivity index (χ2n) is 4.50. The Morgan fingerprint density at radius 3 is 2.65 bits per heavy atom. The first-order chi connectivity index (χ1) is 9.69. The first kappa shape index (κ1) is 12.9. The number of hydrogen-bond donors (Lipinski definition) is 1. The van der Waals surface area contributed by atoms with Gasteiger partial charge >= 0.3 is 0 Å². The van der Waals surface area contributed by atoms with Crippen LogP contribution in [0.1, 0.15) is 12.5 Å². The summed E-state index contributed by atoms with van der Waals surface area (Å²) in [7, 11) is 0. The molecule has 0 amide bonds. The second kappa shape index (κ2) is 5.09. The third-order valence-corrected chi connectivity index (χ3v) is 3.19. The maximum absolute atomic E-state index is 6.00. The molecule has 0 radical (unpaired) electrons. The summed E-state index contributed by atoms with van der Waals surface area (Å²) in [4.78, 5) is 8.49. The van der Waals surface area contributed by atoms with Crippen molar-refractivity contribution in [3.05, 3.63) is 41.3 Å². The largest absolute Gasteiger partial charge is 0.370 e. The number of hydrogen-bond acceptors (Lipinski definition) is 4. The summed E-state index contributed by atoms with van der Waals surface area (Å²) in [6, 6.07) is 8.09. The third-order valence-electron chi connectivity index (χ3n) is 3.02. The number of anilines is 1. The van der Waals surface area contributed by atoms with Crippen molar-refractivity contribution in [2.45, 2.75) is 13.8 Å². The molecule has 3 rings (SSSR count). The van der Waals surface area contributed by atoms with Gasteiger partial charge in [0.1, 0.15) is 5.82 Å². The molecule has 0 aliphatic carbocycles. The van der Waals surface area contributed by atoms with Crippen molar-refractivity contribution >= 4 is 28.5 Å². The predicted octanol–water partition coefficient (Wildman–Crippen LogP) is 3.21. The number of nitrogens with one attached hydrogen (secondary N) is 1. The lowest BCUT2D eigenvalue weighted by molar-refractivity contribution is 0.894. The summed E-state index contributed by atoms with van der Waals surface area (Å²) in [6.07, 6.45) is 1.75. The molecule has 0 aliphatic heterocycles. The number of aromatic nitrogens is 4. The van der Waals surface area contributed by atoms with Crippen molar-refractivity contribution in [2.24, 2.45) is 0 Å². The number of halogens is 1. The van der Waals surface area contributed by atoms with Gasteiger partial charge in [0.2, 0.25) is 5.28 Å². The number of fused-ring (bicyclic) bond motifs is 1. The molecule has 0 spiro atoms. The smallest absolute Gasteiger partial charge is 0.226 e. The quantitative estimate of drug-likeness (QED) is 0.752. The zero-order chi connectivity index (χ0) is 14.1. The summed E-state index contributed by atoms with van der Waals surface area (Å²) in [5.74, 6) is 0.709. The van der Waals surface area contributed by atoms with E-state index in [1.54, 1.807) is 10.9 Å².